The van der Waals surface area contributed by atoms with Gasteiger partial charge in [-0.05, 0) is 18.2 Å². The van der Waals surface area contributed by atoms with E-state index in [4.69, 9.17) is 16.6 Å². The Morgan fingerprint density at radius 3 is 2.56 bits per heavy atom. The second kappa shape index (κ2) is 6.77. The van der Waals surface area contributed by atoms with Gasteiger partial charge in [-0.3, -0.25) is 4.98 Å². The summed E-state index contributed by atoms with van der Waals surface area (Å²) in [4.78, 5) is 7.53. The van der Waals surface area contributed by atoms with Crippen molar-refractivity contribution in [3.8, 4) is 34.4 Å². The topological polar surface area (TPSA) is 50.3 Å². The van der Waals surface area contributed by atoms with Gasteiger partial charge in [0.25, 0.3) is 6.26 Å². The highest BCUT2D eigenvalue weighted by molar-refractivity contribution is 5.87. The minimum Gasteiger partial charge on any atom is -0.399 e. The highest BCUT2D eigenvalue weighted by atomic mass is 19.1. The summed E-state index contributed by atoms with van der Waals surface area (Å²) in [6.45, 7) is 7.22. The van der Waals surface area contributed by atoms with E-state index in [2.05, 4.69) is 9.83 Å². The molecule has 0 spiro atoms. The van der Waals surface area contributed by atoms with E-state index < -0.39 is 11.6 Å². The third-order valence-electron chi connectivity index (χ3n) is 3.55. The zero-order chi connectivity index (χ0) is 17.8. The van der Waals surface area contributed by atoms with Crippen molar-refractivity contribution in [3.63, 3.8) is 0 Å². The van der Waals surface area contributed by atoms with Crippen LogP contribution in [0, 0.1) is 29.7 Å². The third kappa shape index (κ3) is 3.01. The van der Waals surface area contributed by atoms with Crippen molar-refractivity contribution in [1.82, 2.24) is 4.98 Å². The van der Waals surface area contributed by atoms with E-state index in [9.17, 15) is 8.78 Å². The summed E-state index contributed by atoms with van der Waals surface area (Å²) in [6.07, 6.45) is 3.04. The first-order valence-corrected chi connectivity index (χ1v) is 7.13. The molecule has 1 heterocycles. The molecule has 120 valence electrons. The first kappa shape index (κ1) is 16.1. The summed E-state index contributed by atoms with van der Waals surface area (Å²) in [7, 11) is 0. The Labute approximate surface area is 142 Å². The number of aromatic nitrogens is 1. The number of hydrogen-bond acceptors (Lipinski definition) is 3. The summed E-state index contributed by atoms with van der Waals surface area (Å²) >= 11 is 0. The molecule has 0 amide bonds. The monoisotopic (exact) mass is 333 g/mol. The largest absolute Gasteiger partial charge is 0.399 e. The number of pyridine rings is 1. The minimum atomic E-state index is -0.760. The van der Waals surface area contributed by atoms with Gasteiger partial charge in [0.1, 0.15) is 11.6 Å². The molecular weight excluding hydrogens is 324 g/mol. The summed E-state index contributed by atoms with van der Waals surface area (Å²) < 4.78 is 32.4. The zero-order valence-electron chi connectivity index (χ0n) is 12.7. The highest BCUT2D eigenvalue weighted by Crippen LogP contribution is 2.41. The quantitative estimate of drug-likeness (QED) is 0.495. The summed E-state index contributed by atoms with van der Waals surface area (Å²) in [5, 5.41) is 8.88. The van der Waals surface area contributed by atoms with Crippen molar-refractivity contribution in [3.05, 3.63) is 77.8 Å². The van der Waals surface area contributed by atoms with E-state index in [1.807, 2.05) is 0 Å². The van der Waals surface area contributed by atoms with Gasteiger partial charge in [-0.2, -0.15) is 0 Å². The maximum atomic E-state index is 14.2. The Kier molecular flexibility index (Phi) is 4.36. The number of halogens is 2. The third-order valence-corrected chi connectivity index (χ3v) is 3.55. The van der Waals surface area contributed by atoms with E-state index in [1.54, 1.807) is 30.5 Å². The van der Waals surface area contributed by atoms with Crippen LogP contribution in [0.15, 0.2) is 54.7 Å². The fourth-order valence-electron chi connectivity index (χ4n) is 2.50. The van der Waals surface area contributed by atoms with Crippen LogP contribution < -0.4 is 4.74 Å². The number of hydrogen-bond donors (Lipinski definition) is 0. The highest BCUT2D eigenvalue weighted by Gasteiger charge is 2.18. The first-order chi connectivity index (χ1) is 12.2. The summed E-state index contributed by atoms with van der Waals surface area (Å²) in [5.74, 6) is -1.39. The van der Waals surface area contributed by atoms with Gasteiger partial charge in [-0.1, -0.05) is 24.3 Å². The SMILES string of the molecule is [C-]#[N+]c1cccc(-c2cccnc2-c2ccc(F)cc2F)c1OC#N. The number of benzene rings is 2. The molecule has 0 fully saturated rings. The van der Waals surface area contributed by atoms with Crippen LogP contribution in [0.2, 0.25) is 0 Å². The molecule has 25 heavy (non-hydrogen) atoms. The molecule has 0 radical (unpaired) electrons. The van der Waals surface area contributed by atoms with Gasteiger partial charge < -0.3 is 4.74 Å². The molecule has 2 aromatic carbocycles. The molecule has 6 heteroatoms. The maximum Gasteiger partial charge on any atom is 0.290 e. The standard InChI is InChI=1S/C19H9F2N3O/c1-23-17-6-2-4-14(19(17)25-11-22)13-5-3-9-24-18(13)15-8-7-12(20)10-16(15)21/h2-10H. The molecule has 0 aliphatic heterocycles. The average molecular weight is 333 g/mol. The average Bonchev–Trinajstić information content (AvgIpc) is 2.62. The second-order valence-corrected chi connectivity index (χ2v) is 4.98. The lowest BCUT2D eigenvalue weighted by Gasteiger charge is -2.13. The van der Waals surface area contributed by atoms with Crippen LogP contribution in [0.3, 0.4) is 0 Å². The van der Waals surface area contributed by atoms with E-state index in [0.29, 0.717) is 11.1 Å². The number of para-hydroxylation sites is 1. The Hall–Kier alpha value is -3.77. The fraction of sp³-hybridized carbons (Fsp3) is 0. The van der Waals surface area contributed by atoms with Crippen LogP contribution in [-0.2, 0) is 0 Å². The van der Waals surface area contributed by atoms with Crippen molar-refractivity contribution >= 4 is 5.69 Å². The second-order valence-electron chi connectivity index (χ2n) is 4.98. The first-order valence-electron chi connectivity index (χ1n) is 7.13. The molecule has 0 unspecified atom stereocenters. The van der Waals surface area contributed by atoms with E-state index in [-0.39, 0.29) is 22.7 Å². The number of ether oxygens (including phenoxy) is 1. The smallest absolute Gasteiger partial charge is 0.290 e. The number of nitrogens with zero attached hydrogens (tertiary/aromatic N) is 3. The predicted molar refractivity (Wildman–Crippen MR) is 87.5 cm³/mol. The lowest BCUT2D eigenvalue weighted by Crippen LogP contribution is -1.95. The van der Waals surface area contributed by atoms with Gasteiger partial charge >= 0.3 is 0 Å². The van der Waals surface area contributed by atoms with Crippen molar-refractivity contribution in [1.29, 1.82) is 5.26 Å². The van der Waals surface area contributed by atoms with Gasteiger partial charge in [0.2, 0.25) is 5.69 Å². The van der Waals surface area contributed by atoms with E-state index in [1.165, 1.54) is 18.3 Å². The number of rotatable bonds is 3. The molecule has 0 aliphatic carbocycles. The molecule has 0 N–H and O–H groups in total. The maximum absolute atomic E-state index is 14.2. The van der Waals surface area contributed by atoms with E-state index >= 15 is 0 Å². The van der Waals surface area contributed by atoms with Gasteiger partial charge in [0, 0.05) is 29.0 Å². The molecule has 1 aromatic heterocycles. The molecule has 0 atom stereocenters. The molecule has 4 nitrogen and oxygen atoms in total. The summed E-state index contributed by atoms with van der Waals surface area (Å²) in [5.41, 5.74) is 1.39. The lowest BCUT2D eigenvalue weighted by molar-refractivity contribution is 0.512. The molecule has 3 aromatic rings. The van der Waals surface area contributed by atoms with Gasteiger partial charge in [0.05, 0.1) is 12.3 Å². The minimum absolute atomic E-state index is 0.0665. The van der Waals surface area contributed by atoms with Crippen molar-refractivity contribution in [2.75, 3.05) is 0 Å². The lowest BCUT2D eigenvalue weighted by atomic mass is 9.97. The van der Waals surface area contributed by atoms with Crippen LogP contribution in [0.4, 0.5) is 14.5 Å². The van der Waals surface area contributed by atoms with E-state index in [0.717, 1.165) is 12.1 Å². The predicted octanol–water partition coefficient (Wildman–Crippen LogP) is 5.10. The fourth-order valence-corrected chi connectivity index (χ4v) is 2.50. The van der Waals surface area contributed by atoms with Crippen LogP contribution in [-0.4, -0.2) is 4.98 Å². The molecule has 0 bridgehead atoms. The number of nitriles is 1. The van der Waals surface area contributed by atoms with Crippen molar-refractivity contribution in [2.24, 2.45) is 0 Å². The summed E-state index contributed by atoms with van der Waals surface area (Å²) in [6, 6.07) is 11.3. The van der Waals surface area contributed by atoms with Gasteiger partial charge in [-0.15, -0.1) is 5.26 Å². The molecule has 3 rings (SSSR count). The Bertz CT molecular complexity index is 1040. The Morgan fingerprint density at radius 2 is 1.84 bits per heavy atom. The van der Waals surface area contributed by atoms with Gasteiger partial charge in [0.15, 0.2) is 5.75 Å². The Morgan fingerprint density at radius 1 is 1.04 bits per heavy atom. The van der Waals surface area contributed by atoms with Gasteiger partial charge in [-0.25, -0.2) is 13.6 Å². The van der Waals surface area contributed by atoms with Crippen LogP contribution in [0.25, 0.3) is 27.2 Å². The Balaban J connectivity index is 2.28. The molecule has 0 saturated heterocycles. The zero-order valence-corrected chi connectivity index (χ0v) is 12.7. The van der Waals surface area contributed by atoms with Crippen LogP contribution in [0.5, 0.6) is 5.75 Å². The van der Waals surface area contributed by atoms with Crippen molar-refractivity contribution in [2.45, 2.75) is 0 Å². The molecule has 0 saturated carbocycles. The molecule has 0 aliphatic rings. The molecular formula is C19H9F2N3O. The van der Waals surface area contributed by atoms with Crippen molar-refractivity contribution < 1.29 is 13.5 Å². The van der Waals surface area contributed by atoms with Crippen LogP contribution >= 0.6 is 0 Å². The van der Waals surface area contributed by atoms with Crippen LogP contribution in [0.1, 0.15) is 0 Å². The normalized spacial score (nSPS) is 9.92.